The molecule has 0 radical (unpaired) electrons. The number of hydrogen-bond acceptors (Lipinski definition) is 1. The second-order valence-electron chi connectivity index (χ2n) is 4.78. The van der Waals surface area contributed by atoms with Gasteiger partial charge in [0.2, 0.25) is 0 Å². The summed E-state index contributed by atoms with van der Waals surface area (Å²) < 4.78 is 25.2. The zero-order valence-corrected chi connectivity index (χ0v) is 10.6. The SMILES string of the molecule is CC/C(=C/c1cccc(C(F)F)c1)CNC1CC1. The Labute approximate surface area is 107 Å². The number of halogens is 2. The molecule has 1 N–H and O–H groups in total. The van der Waals surface area contributed by atoms with Crippen molar-refractivity contribution in [1.82, 2.24) is 5.32 Å². The lowest BCUT2D eigenvalue weighted by atomic mass is 10.1. The molecule has 1 saturated carbocycles. The van der Waals surface area contributed by atoms with Gasteiger partial charge in [-0.2, -0.15) is 0 Å². The molecule has 0 bridgehead atoms. The van der Waals surface area contributed by atoms with Crippen LogP contribution in [0.5, 0.6) is 0 Å². The van der Waals surface area contributed by atoms with Crippen molar-refractivity contribution in [2.45, 2.75) is 38.7 Å². The second-order valence-corrected chi connectivity index (χ2v) is 4.78. The minimum Gasteiger partial charge on any atom is -0.310 e. The van der Waals surface area contributed by atoms with E-state index in [1.807, 2.05) is 12.1 Å². The summed E-state index contributed by atoms with van der Waals surface area (Å²) in [5, 5.41) is 3.45. The number of hydrogen-bond donors (Lipinski definition) is 1. The zero-order valence-electron chi connectivity index (χ0n) is 10.6. The molecule has 1 nitrogen and oxygen atoms in total. The van der Waals surface area contributed by atoms with E-state index in [4.69, 9.17) is 0 Å². The fourth-order valence-electron chi connectivity index (χ4n) is 1.86. The number of benzene rings is 1. The molecular formula is C15H19F2N. The van der Waals surface area contributed by atoms with E-state index in [1.54, 1.807) is 12.1 Å². The molecule has 1 aromatic carbocycles. The predicted molar refractivity (Wildman–Crippen MR) is 70.7 cm³/mol. The van der Waals surface area contributed by atoms with Crippen molar-refractivity contribution < 1.29 is 8.78 Å². The predicted octanol–water partition coefficient (Wildman–Crippen LogP) is 4.17. The summed E-state index contributed by atoms with van der Waals surface area (Å²) >= 11 is 0. The van der Waals surface area contributed by atoms with E-state index >= 15 is 0 Å². The Kier molecular flexibility index (Phi) is 4.48. The van der Waals surface area contributed by atoms with Crippen LogP contribution in [-0.4, -0.2) is 12.6 Å². The third-order valence-corrected chi connectivity index (χ3v) is 3.18. The summed E-state index contributed by atoms with van der Waals surface area (Å²) in [6.07, 6.45) is 3.09. The van der Waals surface area contributed by atoms with Crippen molar-refractivity contribution in [3.63, 3.8) is 0 Å². The van der Waals surface area contributed by atoms with Gasteiger partial charge < -0.3 is 5.32 Å². The fourth-order valence-corrected chi connectivity index (χ4v) is 1.86. The topological polar surface area (TPSA) is 12.0 Å². The Morgan fingerprint density at radius 3 is 2.83 bits per heavy atom. The summed E-state index contributed by atoms with van der Waals surface area (Å²) in [5.74, 6) is 0. The maximum absolute atomic E-state index is 12.6. The molecule has 0 aromatic heterocycles. The summed E-state index contributed by atoms with van der Waals surface area (Å²) in [6, 6.07) is 7.27. The van der Waals surface area contributed by atoms with E-state index in [1.165, 1.54) is 24.5 Å². The summed E-state index contributed by atoms with van der Waals surface area (Å²) in [7, 11) is 0. The first kappa shape index (κ1) is 13.2. The van der Waals surface area contributed by atoms with Crippen molar-refractivity contribution in [1.29, 1.82) is 0 Å². The fraction of sp³-hybridized carbons (Fsp3) is 0.467. The molecule has 0 spiro atoms. The molecule has 0 aliphatic heterocycles. The number of rotatable bonds is 6. The highest BCUT2D eigenvalue weighted by atomic mass is 19.3. The summed E-state index contributed by atoms with van der Waals surface area (Å²) in [4.78, 5) is 0. The molecule has 1 aliphatic rings. The first-order valence-electron chi connectivity index (χ1n) is 6.50. The average molecular weight is 251 g/mol. The molecule has 0 heterocycles. The van der Waals surface area contributed by atoms with Gasteiger partial charge in [0, 0.05) is 18.2 Å². The lowest BCUT2D eigenvalue weighted by molar-refractivity contribution is 0.151. The molecule has 0 amide bonds. The Hall–Kier alpha value is -1.22. The van der Waals surface area contributed by atoms with Crippen molar-refractivity contribution >= 4 is 6.08 Å². The maximum Gasteiger partial charge on any atom is 0.263 e. The Morgan fingerprint density at radius 1 is 1.44 bits per heavy atom. The Balaban J connectivity index is 2.05. The van der Waals surface area contributed by atoms with Crippen LogP contribution in [0.4, 0.5) is 8.78 Å². The Morgan fingerprint density at radius 2 is 2.22 bits per heavy atom. The van der Waals surface area contributed by atoms with Crippen molar-refractivity contribution in [3.8, 4) is 0 Å². The van der Waals surface area contributed by atoms with Crippen LogP contribution < -0.4 is 5.32 Å². The summed E-state index contributed by atoms with van der Waals surface area (Å²) in [6.45, 7) is 2.96. The molecule has 18 heavy (non-hydrogen) atoms. The largest absolute Gasteiger partial charge is 0.310 e. The van der Waals surface area contributed by atoms with Gasteiger partial charge in [-0.05, 0) is 30.9 Å². The van der Waals surface area contributed by atoms with Crippen LogP contribution in [0.1, 0.15) is 43.7 Å². The van der Waals surface area contributed by atoms with Crippen LogP contribution in [0.25, 0.3) is 6.08 Å². The minimum absolute atomic E-state index is 0.0920. The third-order valence-electron chi connectivity index (χ3n) is 3.18. The van der Waals surface area contributed by atoms with Crippen LogP contribution in [0.3, 0.4) is 0 Å². The van der Waals surface area contributed by atoms with Gasteiger partial charge in [0.05, 0.1) is 0 Å². The van der Waals surface area contributed by atoms with Crippen molar-refractivity contribution in [2.75, 3.05) is 6.54 Å². The van der Waals surface area contributed by atoms with Gasteiger partial charge in [-0.25, -0.2) is 8.78 Å². The molecular weight excluding hydrogens is 232 g/mol. The van der Waals surface area contributed by atoms with Crippen LogP contribution in [0.2, 0.25) is 0 Å². The summed E-state index contributed by atoms with van der Waals surface area (Å²) in [5.41, 5.74) is 2.21. The van der Waals surface area contributed by atoms with Gasteiger partial charge in [0.25, 0.3) is 6.43 Å². The zero-order chi connectivity index (χ0) is 13.0. The normalized spacial score (nSPS) is 16.3. The standard InChI is InChI=1S/C15H19F2N/c1-2-11(10-18-14-6-7-14)8-12-4-3-5-13(9-12)15(16)17/h3-5,8-9,14-15,18H,2,6-7,10H2,1H3/b11-8-. The molecule has 1 fully saturated rings. The lowest BCUT2D eigenvalue weighted by Gasteiger charge is -2.07. The van der Waals surface area contributed by atoms with Gasteiger partial charge in [0.15, 0.2) is 0 Å². The molecule has 0 saturated heterocycles. The van der Waals surface area contributed by atoms with Gasteiger partial charge in [-0.1, -0.05) is 36.8 Å². The highest BCUT2D eigenvalue weighted by Gasteiger charge is 2.20. The van der Waals surface area contributed by atoms with Crippen molar-refractivity contribution in [3.05, 3.63) is 41.0 Å². The van der Waals surface area contributed by atoms with Crippen LogP contribution in [0, 0.1) is 0 Å². The molecule has 0 atom stereocenters. The quantitative estimate of drug-likeness (QED) is 0.800. The Bertz CT molecular complexity index is 422. The highest BCUT2D eigenvalue weighted by Crippen LogP contribution is 2.22. The minimum atomic E-state index is -2.40. The van der Waals surface area contributed by atoms with Gasteiger partial charge >= 0.3 is 0 Å². The lowest BCUT2D eigenvalue weighted by Crippen LogP contribution is -2.18. The van der Waals surface area contributed by atoms with Crippen LogP contribution in [-0.2, 0) is 0 Å². The van der Waals surface area contributed by atoms with E-state index in [2.05, 4.69) is 12.2 Å². The van der Waals surface area contributed by atoms with Crippen LogP contribution >= 0.6 is 0 Å². The average Bonchev–Trinajstić information content (AvgIpc) is 3.18. The van der Waals surface area contributed by atoms with Gasteiger partial charge in [-0.15, -0.1) is 0 Å². The molecule has 2 rings (SSSR count). The molecule has 3 heteroatoms. The smallest absolute Gasteiger partial charge is 0.263 e. The monoisotopic (exact) mass is 251 g/mol. The van der Waals surface area contributed by atoms with Crippen molar-refractivity contribution in [2.24, 2.45) is 0 Å². The molecule has 1 aromatic rings. The number of alkyl halides is 2. The number of nitrogens with one attached hydrogen (secondary N) is 1. The van der Waals surface area contributed by atoms with E-state index in [9.17, 15) is 8.78 Å². The third kappa shape index (κ3) is 3.91. The van der Waals surface area contributed by atoms with E-state index in [0.29, 0.717) is 6.04 Å². The second kappa shape index (κ2) is 6.10. The molecule has 0 unspecified atom stereocenters. The highest BCUT2D eigenvalue weighted by molar-refractivity contribution is 5.54. The van der Waals surface area contributed by atoms with E-state index in [0.717, 1.165) is 18.5 Å². The maximum atomic E-state index is 12.6. The van der Waals surface area contributed by atoms with E-state index in [-0.39, 0.29) is 5.56 Å². The van der Waals surface area contributed by atoms with Crippen LogP contribution in [0.15, 0.2) is 29.8 Å². The van der Waals surface area contributed by atoms with E-state index < -0.39 is 6.43 Å². The van der Waals surface area contributed by atoms with Gasteiger partial charge in [0.1, 0.15) is 0 Å². The first-order valence-corrected chi connectivity index (χ1v) is 6.50. The molecule has 98 valence electrons. The first-order chi connectivity index (χ1) is 8.69. The molecule has 1 aliphatic carbocycles. The van der Waals surface area contributed by atoms with Gasteiger partial charge in [-0.3, -0.25) is 0 Å².